The van der Waals surface area contributed by atoms with Crippen LogP contribution in [-0.2, 0) is 42.7 Å². The van der Waals surface area contributed by atoms with Gasteiger partial charge in [0.2, 0.25) is 5.91 Å². The Bertz CT molecular complexity index is 1700. The fourth-order valence-corrected chi connectivity index (χ4v) is 5.95. The third kappa shape index (κ3) is 13.6. The van der Waals surface area contributed by atoms with Crippen molar-refractivity contribution in [1.29, 1.82) is 0 Å². The molecule has 3 aromatic heterocycles. The maximum absolute atomic E-state index is 12.9. The number of carbonyl (C=O) groups is 1. The molecule has 1 saturated heterocycles. The van der Waals surface area contributed by atoms with Crippen molar-refractivity contribution in [3.05, 3.63) is 24.5 Å². The number of piperidine rings is 1. The minimum absolute atomic E-state index is 0.0393. The number of carbonyl (C=O) groups excluding carboxylic acids is 1. The van der Waals surface area contributed by atoms with Gasteiger partial charge in [-0.15, -0.1) is 0 Å². The summed E-state index contributed by atoms with van der Waals surface area (Å²) in [6.45, 7) is 9.37. The first-order valence-corrected chi connectivity index (χ1v) is 18.8. The normalized spacial score (nSPS) is 13.8. The Balaban J connectivity index is 0.848. The number of nitrogen functional groups attached to an aromatic ring is 2. The topological polar surface area (TPSA) is 242 Å². The number of amides is 1. The van der Waals surface area contributed by atoms with Crippen molar-refractivity contribution >= 4 is 39.9 Å². The average Bonchev–Trinajstić information content (AvgIpc) is 3.78. The smallest absolute Gasteiger partial charge is 0.292 e. The molecule has 5 rings (SSSR count). The summed E-state index contributed by atoms with van der Waals surface area (Å²) in [5, 5.41) is 5.62. The molecule has 0 saturated carbocycles. The van der Waals surface area contributed by atoms with Gasteiger partial charge in [0, 0.05) is 25.2 Å². The zero-order chi connectivity index (χ0) is 38.5. The lowest BCUT2D eigenvalue weighted by Gasteiger charge is -2.32. The van der Waals surface area contributed by atoms with Gasteiger partial charge >= 0.3 is 0 Å². The van der Waals surface area contributed by atoms with E-state index in [2.05, 4.69) is 15.0 Å². The summed E-state index contributed by atoms with van der Waals surface area (Å²) in [5.41, 5.74) is 20.7. The van der Waals surface area contributed by atoms with Crippen LogP contribution in [0.1, 0.15) is 25.3 Å². The number of aromatic nitrogens is 5. The summed E-state index contributed by atoms with van der Waals surface area (Å²) in [4.78, 5) is 27.8. The van der Waals surface area contributed by atoms with Crippen LogP contribution in [0.3, 0.4) is 0 Å². The Morgan fingerprint density at radius 2 is 1.25 bits per heavy atom. The van der Waals surface area contributed by atoms with Crippen molar-refractivity contribution in [2.75, 3.05) is 137 Å². The molecule has 55 heavy (non-hydrogen) atoms. The molecule has 0 aliphatic carbocycles. The van der Waals surface area contributed by atoms with E-state index in [1.54, 1.807) is 6.07 Å². The van der Waals surface area contributed by atoms with Crippen molar-refractivity contribution in [2.45, 2.75) is 25.3 Å². The van der Waals surface area contributed by atoms with Crippen LogP contribution in [0, 0.1) is 0 Å². The third-order valence-electron chi connectivity index (χ3n) is 8.69. The molecule has 1 fully saturated rings. The molecule has 19 nitrogen and oxygen atoms in total. The molecule has 1 amide bonds. The molecule has 1 aliphatic heterocycles. The molecule has 0 spiro atoms. The van der Waals surface area contributed by atoms with E-state index < -0.39 is 0 Å². The molecular weight excluding hydrogens is 718 g/mol. The van der Waals surface area contributed by atoms with Crippen LogP contribution in [-0.4, -0.2) is 161 Å². The van der Waals surface area contributed by atoms with Crippen molar-refractivity contribution in [3.8, 4) is 11.3 Å². The van der Waals surface area contributed by atoms with Crippen molar-refractivity contribution in [3.63, 3.8) is 0 Å². The average molecular weight is 774 g/mol. The lowest BCUT2D eigenvalue weighted by atomic mass is 10.0. The molecule has 304 valence electrons. The van der Waals surface area contributed by atoms with Crippen LogP contribution in [0.5, 0.6) is 0 Å². The number of fused-ring (bicyclic) bond motifs is 2. The number of oxazole rings is 1. The minimum Gasteiger partial charge on any atom is -0.424 e. The highest BCUT2D eigenvalue weighted by atomic mass is 16.6. The standard InChI is InChI=1S/C36H55N9O10/c37-6-10-48-12-14-50-16-18-52-20-22-54-24-23-53-21-19-51-17-15-49-13-11-47-9-5-31(46)44-7-3-28(4-8-44)45-35-32(34(38)40-26-41-35)33(43-45)27-1-2-30-29(25-27)42-36(39)55-30/h1-2,25-26,28H,3-24,37H2,(H2,39,42)(H2,38,40,41). The molecule has 4 aromatic rings. The van der Waals surface area contributed by atoms with Gasteiger partial charge in [0.05, 0.1) is 124 Å². The fourth-order valence-electron chi connectivity index (χ4n) is 5.95. The SMILES string of the molecule is NCCOCCOCCOCCOCCOCCOCCOCCOCCC(=O)N1CCC(n2nc(-c3ccc4oc(N)nc4c3)c3c(N)ncnc32)CC1. The number of nitrogens with two attached hydrogens (primary N) is 3. The third-order valence-corrected chi connectivity index (χ3v) is 8.69. The van der Waals surface area contributed by atoms with E-state index in [4.69, 9.17) is 64.6 Å². The second-order valence-corrected chi connectivity index (χ2v) is 12.5. The van der Waals surface area contributed by atoms with Gasteiger partial charge in [0.1, 0.15) is 23.4 Å². The maximum atomic E-state index is 12.9. The van der Waals surface area contributed by atoms with Crippen LogP contribution >= 0.6 is 0 Å². The largest absolute Gasteiger partial charge is 0.424 e. The monoisotopic (exact) mass is 773 g/mol. The maximum Gasteiger partial charge on any atom is 0.292 e. The van der Waals surface area contributed by atoms with Gasteiger partial charge in [-0.2, -0.15) is 10.1 Å². The second-order valence-electron chi connectivity index (χ2n) is 12.5. The summed E-state index contributed by atoms with van der Waals surface area (Å²) >= 11 is 0. The van der Waals surface area contributed by atoms with Crippen LogP contribution in [0.4, 0.5) is 11.8 Å². The first-order valence-electron chi connectivity index (χ1n) is 18.8. The number of ether oxygens (including phenoxy) is 8. The minimum atomic E-state index is 0.0393. The van der Waals surface area contributed by atoms with E-state index in [1.807, 2.05) is 21.7 Å². The van der Waals surface area contributed by atoms with Crippen molar-refractivity contribution < 1.29 is 47.1 Å². The molecule has 4 heterocycles. The summed E-state index contributed by atoms with van der Waals surface area (Å²) in [6, 6.07) is 5.69. The molecule has 0 atom stereocenters. The Labute approximate surface area is 320 Å². The van der Waals surface area contributed by atoms with Gasteiger partial charge in [-0.3, -0.25) is 4.79 Å². The molecular formula is C36H55N9O10. The molecule has 1 aromatic carbocycles. The highest BCUT2D eigenvalue weighted by Crippen LogP contribution is 2.35. The predicted molar refractivity (Wildman–Crippen MR) is 202 cm³/mol. The van der Waals surface area contributed by atoms with Crippen LogP contribution in [0.2, 0.25) is 0 Å². The van der Waals surface area contributed by atoms with Gasteiger partial charge in [0.25, 0.3) is 6.01 Å². The van der Waals surface area contributed by atoms with Crippen LogP contribution in [0.15, 0.2) is 28.9 Å². The number of hydrogen-bond acceptors (Lipinski definition) is 17. The molecule has 0 radical (unpaired) electrons. The van der Waals surface area contributed by atoms with Gasteiger partial charge in [0.15, 0.2) is 11.2 Å². The molecule has 0 unspecified atom stereocenters. The van der Waals surface area contributed by atoms with E-state index in [0.717, 1.165) is 18.4 Å². The number of likely N-dealkylation sites (tertiary alicyclic amines) is 1. The molecule has 0 bridgehead atoms. The second kappa shape index (κ2) is 23.8. The number of nitrogens with zero attached hydrogens (tertiary/aromatic N) is 6. The summed E-state index contributed by atoms with van der Waals surface area (Å²) in [6.07, 6.45) is 3.20. The molecule has 1 aliphatic rings. The van der Waals surface area contributed by atoms with E-state index in [1.165, 1.54) is 6.33 Å². The lowest BCUT2D eigenvalue weighted by molar-refractivity contribution is -0.133. The Kier molecular flexibility index (Phi) is 18.2. The van der Waals surface area contributed by atoms with Gasteiger partial charge in [-0.1, -0.05) is 0 Å². The lowest BCUT2D eigenvalue weighted by Crippen LogP contribution is -2.39. The Morgan fingerprint density at radius 1 is 0.727 bits per heavy atom. The zero-order valence-electron chi connectivity index (χ0n) is 31.4. The zero-order valence-corrected chi connectivity index (χ0v) is 31.4. The highest BCUT2D eigenvalue weighted by molar-refractivity contribution is 5.99. The summed E-state index contributed by atoms with van der Waals surface area (Å²) in [5.74, 6) is 0.405. The van der Waals surface area contributed by atoms with Crippen LogP contribution in [0.25, 0.3) is 33.4 Å². The summed E-state index contributed by atoms with van der Waals surface area (Å²) < 4.78 is 51.1. The Morgan fingerprint density at radius 3 is 1.80 bits per heavy atom. The summed E-state index contributed by atoms with van der Waals surface area (Å²) in [7, 11) is 0. The Hall–Kier alpha value is -4.05. The molecule has 6 N–H and O–H groups in total. The van der Waals surface area contributed by atoms with Gasteiger partial charge in [-0.25, -0.2) is 14.6 Å². The number of anilines is 2. The van der Waals surface area contributed by atoms with E-state index in [0.29, 0.717) is 165 Å². The number of hydrogen-bond donors (Lipinski definition) is 3. The molecule has 19 heteroatoms. The van der Waals surface area contributed by atoms with Gasteiger partial charge in [-0.05, 0) is 31.0 Å². The van der Waals surface area contributed by atoms with E-state index in [9.17, 15) is 4.79 Å². The van der Waals surface area contributed by atoms with Gasteiger partial charge < -0.3 is 64.4 Å². The van der Waals surface area contributed by atoms with Crippen LogP contribution < -0.4 is 17.2 Å². The predicted octanol–water partition coefficient (Wildman–Crippen LogP) is 1.44. The highest BCUT2D eigenvalue weighted by Gasteiger charge is 2.28. The number of benzene rings is 1. The first kappa shape index (κ1) is 42.1. The van der Waals surface area contributed by atoms with E-state index >= 15 is 0 Å². The first-order chi connectivity index (χ1) is 27.0. The van der Waals surface area contributed by atoms with E-state index in [-0.39, 0.29) is 18.0 Å². The van der Waals surface area contributed by atoms with Crippen molar-refractivity contribution in [2.24, 2.45) is 5.73 Å². The fraction of sp³-hybridized carbons (Fsp3) is 0.639. The van der Waals surface area contributed by atoms with Crippen molar-refractivity contribution in [1.82, 2.24) is 29.6 Å². The number of rotatable bonds is 28. The quantitative estimate of drug-likeness (QED) is 0.0692.